The third-order valence-electron chi connectivity index (χ3n) is 2.98. The second-order valence-corrected chi connectivity index (χ2v) is 4.43. The minimum atomic E-state index is -2.70. The first-order valence-electron chi connectivity index (χ1n) is 11.6. The summed E-state index contributed by atoms with van der Waals surface area (Å²) in [6.07, 6.45) is 0. The molecule has 0 aliphatic rings. The van der Waals surface area contributed by atoms with E-state index in [1.807, 2.05) is 0 Å². The summed E-state index contributed by atoms with van der Waals surface area (Å²) in [7, 11) is 0. The summed E-state index contributed by atoms with van der Waals surface area (Å²) in [5.41, 5.74) is -0.867. The SMILES string of the molecule is [2H]C([2H])([2H])c1cc(-c2c(C([2H])([2H])[2H])cc(C)cc2C([2H])([2H])[2H])cc(C([2H])([2H])[2H])c1C. The maximum Gasteiger partial charge on any atom is 0.0280 e. The smallest absolute Gasteiger partial charge is 0.0280 e. The molecule has 0 N–H and O–H groups in total. The molecule has 0 atom stereocenters. The number of aryl methyl sites for hydroxylation is 5. The lowest BCUT2D eigenvalue weighted by atomic mass is 9.90. The molecule has 2 aromatic rings. The summed E-state index contributed by atoms with van der Waals surface area (Å²) < 4.78 is 94.0. The summed E-state index contributed by atoms with van der Waals surface area (Å²) in [6.45, 7) is -7.82. The molecule has 0 aliphatic heterocycles. The van der Waals surface area contributed by atoms with Gasteiger partial charge in [-0.1, -0.05) is 29.8 Å². The van der Waals surface area contributed by atoms with E-state index in [0.29, 0.717) is 5.56 Å². The maximum absolute atomic E-state index is 7.88. The molecule has 0 saturated carbocycles. The largest absolute Gasteiger partial charge is 0.0557 e. The van der Waals surface area contributed by atoms with Gasteiger partial charge in [-0.25, -0.2) is 0 Å². The number of benzene rings is 2. The molecular formula is C18H22. The molecule has 0 nitrogen and oxygen atoms in total. The van der Waals surface area contributed by atoms with Crippen molar-refractivity contribution in [1.82, 2.24) is 0 Å². The molecule has 0 bridgehead atoms. The topological polar surface area (TPSA) is 0 Å². The van der Waals surface area contributed by atoms with Crippen molar-refractivity contribution in [2.75, 3.05) is 0 Å². The average Bonchev–Trinajstić information content (AvgIpc) is 2.50. The standard InChI is InChI=1S/C18H22/c1-11-7-14(4)18(15(5)8-11)17-9-12(2)16(6)13(3)10-17/h7-10H,1-6H3/i2D3,3D3,4D3,5D3. The van der Waals surface area contributed by atoms with Gasteiger partial charge >= 0.3 is 0 Å². The van der Waals surface area contributed by atoms with Crippen LogP contribution in [-0.2, 0) is 0 Å². The second-order valence-electron chi connectivity index (χ2n) is 4.43. The van der Waals surface area contributed by atoms with E-state index >= 15 is 0 Å². The Morgan fingerprint density at radius 1 is 0.722 bits per heavy atom. The van der Waals surface area contributed by atoms with Gasteiger partial charge in [0.1, 0.15) is 0 Å². The van der Waals surface area contributed by atoms with Gasteiger partial charge in [-0.3, -0.25) is 0 Å². The van der Waals surface area contributed by atoms with Gasteiger partial charge in [0.05, 0.1) is 0 Å². The predicted octanol–water partition coefficient (Wildman–Crippen LogP) is 5.20. The Kier molecular flexibility index (Phi) is 1.16. The van der Waals surface area contributed by atoms with Crippen molar-refractivity contribution in [2.45, 2.75) is 41.3 Å². The first-order valence-corrected chi connectivity index (χ1v) is 5.56. The monoisotopic (exact) mass is 250 g/mol. The summed E-state index contributed by atoms with van der Waals surface area (Å²) in [5.74, 6) is 0. The zero-order valence-electron chi connectivity index (χ0n) is 22.3. The van der Waals surface area contributed by atoms with Gasteiger partial charge in [-0.05, 0) is 80.2 Å². The summed E-state index contributed by atoms with van der Waals surface area (Å²) in [5, 5.41) is 0. The molecule has 0 fully saturated rings. The van der Waals surface area contributed by atoms with Crippen molar-refractivity contribution in [3.05, 3.63) is 57.6 Å². The molecule has 0 unspecified atom stereocenters. The Hall–Kier alpha value is -1.56. The molecule has 2 aromatic carbocycles. The van der Waals surface area contributed by atoms with E-state index in [1.165, 1.54) is 31.2 Å². The van der Waals surface area contributed by atoms with Crippen molar-refractivity contribution in [3.63, 3.8) is 0 Å². The fourth-order valence-corrected chi connectivity index (χ4v) is 1.96. The lowest BCUT2D eigenvalue weighted by Gasteiger charge is -2.15. The predicted molar refractivity (Wildman–Crippen MR) is 80.3 cm³/mol. The molecule has 18 heavy (non-hydrogen) atoms. The van der Waals surface area contributed by atoms with E-state index in [2.05, 4.69) is 0 Å². The molecular weight excluding hydrogens is 216 g/mol. The molecule has 0 amide bonds. The average molecular weight is 250 g/mol. The first-order chi connectivity index (χ1) is 13.2. The summed E-state index contributed by atoms with van der Waals surface area (Å²) >= 11 is 0. The fraction of sp³-hybridized carbons (Fsp3) is 0.333. The molecule has 0 spiro atoms. The van der Waals surface area contributed by atoms with E-state index in [0.717, 1.165) is 0 Å². The highest BCUT2D eigenvalue weighted by atomic mass is 14.1. The highest BCUT2D eigenvalue weighted by Gasteiger charge is 2.09. The van der Waals surface area contributed by atoms with Gasteiger partial charge in [0, 0.05) is 16.4 Å². The van der Waals surface area contributed by atoms with Crippen molar-refractivity contribution in [3.8, 4) is 11.1 Å². The number of hydrogen-bond donors (Lipinski definition) is 0. The zero-order valence-corrected chi connectivity index (χ0v) is 10.3. The molecule has 0 aromatic heterocycles. The lowest BCUT2D eigenvalue weighted by molar-refractivity contribution is 1.25. The van der Waals surface area contributed by atoms with Crippen LogP contribution in [0.15, 0.2) is 24.3 Å². The molecule has 0 heterocycles. The molecule has 2 rings (SSSR count). The van der Waals surface area contributed by atoms with E-state index in [1.54, 1.807) is 6.92 Å². The molecule has 0 aliphatic carbocycles. The van der Waals surface area contributed by atoms with E-state index in [9.17, 15) is 0 Å². The van der Waals surface area contributed by atoms with Gasteiger partial charge in [-0.2, -0.15) is 0 Å². The third kappa shape index (κ3) is 2.20. The fourth-order valence-electron chi connectivity index (χ4n) is 1.96. The van der Waals surface area contributed by atoms with Crippen LogP contribution in [-0.4, -0.2) is 0 Å². The maximum atomic E-state index is 7.88. The van der Waals surface area contributed by atoms with Crippen LogP contribution < -0.4 is 0 Å². The Balaban J connectivity index is 3.11. The molecule has 0 heteroatoms. The molecule has 94 valence electrons. The quantitative estimate of drug-likeness (QED) is 0.652. The Morgan fingerprint density at radius 2 is 1.22 bits per heavy atom. The summed E-state index contributed by atoms with van der Waals surface area (Å²) in [6, 6.07) is 4.99. The first kappa shape index (κ1) is 4.52. The van der Waals surface area contributed by atoms with Crippen molar-refractivity contribution >= 4 is 0 Å². The Morgan fingerprint density at radius 3 is 1.67 bits per heavy atom. The molecule has 0 saturated heterocycles. The van der Waals surface area contributed by atoms with Gasteiger partial charge in [0.15, 0.2) is 0 Å². The minimum absolute atomic E-state index is 0.0386. The highest BCUT2D eigenvalue weighted by Crippen LogP contribution is 2.31. The Bertz CT molecular complexity index is 885. The van der Waals surface area contributed by atoms with Gasteiger partial charge in [0.25, 0.3) is 0 Å². The van der Waals surface area contributed by atoms with Crippen LogP contribution in [0, 0.1) is 41.3 Å². The van der Waals surface area contributed by atoms with Crippen LogP contribution in [0.4, 0.5) is 0 Å². The van der Waals surface area contributed by atoms with Crippen LogP contribution >= 0.6 is 0 Å². The van der Waals surface area contributed by atoms with Gasteiger partial charge < -0.3 is 0 Å². The van der Waals surface area contributed by atoms with Crippen molar-refractivity contribution in [1.29, 1.82) is 0 Å². The highest BCUT2D eigenvalue weighted by molar-refractivity contribution is 5.73. The lowest BCUT2D eigenvalue weighted by Crippen LogP contribution is -1.93. The van der Waals surface area contributed by atoms with Crippen LogP contribution in [0.2, 0.25) is 0 Å². The molecule has 0 radical (unpaired) electrons. The van der Waals surface area contributed by atoms with Crippen molar-refractivity contribution < 1.29 is 16.4 Å². The van der Waals surface area contributed by atoms with E-state index in [4.69, 9.17) is 16.4 Å². The number of rotatable bonds is 1. The van der Waals surface area contributed by atoms with Gasteiger partial charge in [-0.15, -0.1) is 0 Å². The van der Waals surface area contributed by atoms with Crippen LogP contribution in [0.25, 0.3) is 11.1 Å². The van der Waals surface area contributed by atoms with Crippen LogP contribution in [0.3, 0.4) is 0 Å². The van der Waals surface area contributed by atoms with E-state index in [-0.39, 0.29) is 38.9 Å². The summed E-state index contributed by atoms with van der Waals surface area (Å²) in [4.78, 5) is 0. The van der Waals surface area contributed by atoms with Crippen molar-refractivity contribution in [2.24, 2.45) is 0 Å². The van der Waals surface area contributed by atoms with Crippen LogP contribution in [0.1, 0.15) is 49.8 Å². The third-order valence-corrected chi connectivity index (χ3v) is 2.98. The van der Waals surface area contributed by atoms with Crippen LogP contribution in [0.5, 0.6) is 0 Å². The second kappa shape index (κ2) is 4.61. The Labute approximate surface area is 128 Å². The number of hydrogen-bond acceptors (Lipinski definition) is 0. The zero-order chi connectivity index (χ0) is 23.4. The minimum Gasteiger partial charge on any atom is -0.0557 e. The van der Waals surface area contributed by atoms with E-state index < -0.39 is 27.4 Å². The normalized spacial score (nSPS) is 23.4. The van der Waals surface area contributed by atoms with Gasteiger partial charge in [0.2, 0.25) is 0 Å².